The lowest BCUT2D eigenvalue weighted by Gasteiger charge is -2.14. The number of amides is 1. The average molecular weight is 335 g/mol. The Bertz CT molecular complexity index is 679. The van der Waals surface area contributed by atoms with E-state index in [0.29, 0.717) is 17.1 Å². The van der Waals surface area contributed by atoms with Gasteiger partial charge in [0.2, 0.25) is 0 Å². The Morgan fingerprint density at radius 2 is 2.13 bits per heavy atom. The van der Waals surface area contributed by atoms with Crippen LogP contribution in [0.1, 0.15) is 35.8 Å². The molecule has 1 heterocycles. The molecular weight excluding hydrogens is 312 g/mol. The molecule has 2 aromatic rings. The fourth-order valence-corrected chi connectivity index (χ4v) is 2.57. The molecule has 0 fully saturated rings. The average Bonchev–Trinajstić information content (AvgIpc) is 2.91. The SMILES string of the molecule is CC(C)c1c(C(=O)NCCN(C)C)cnn1-c1cccc(Cl)c1. The Labute approximate surface area is 142 Å². The van der Waals surface area contributed by atoms with Gasteiger partial charge in [-0.25, -0.2) is 4.68 Å². The van der Waals surface area contributed by atoms with Gasteiger partial charge < -0.3 is 10.2 Å². The highest BCUT2D eigenvalue weighted by molar-refractivity contribution is 6.30. The number of nitrogens with zero attached hydrogens (tertiary/aromatic N) is 3. The van der Waals surface area contributed by atoms with Crippen molar-refractivity contribution in [1.29, 1.82) is 0 Å². The van der Waals surface area contributed by atoms with E-state index in [1.165, 1.54) is 0 Å². The zero-order valence-corrected chi connectivity index (χ0v) is 14.8. The van der Waals surface area contributed by atoms with Crippen LogP contribution in [0.5, 0.6) is 0 Å². The molecule has 0 radical (unpaired) electrons. The number of rotatable bonds is 6. The first-order valence-corrected chi connectivity index (χ1v) is 8.04. The van der Waals surface area contributed by atoms with Crippen LogP contribution in [0.3, 0.4) is 0 Å². The van der Waals surface area contributed by atoms with E-state index >= 15 is 0 Å². The Kier molecular flexibility index (Phi) is 5.80. The van der Waals surface area contributed by atoms with Gasteiger partial charge in [-0.3, -0.25) is 4.79 Å². The number of aromatic nitrogens is 2. The van der Waals surface area contributed by atoms with Crippen molar-refractivity contribution in [2.24, 2.45) is 0 Å². The molecule has 6 heteroatoms. The number of nitrogens with one attached hydrogen (secondary N) is 1. The summed E-state index contributed by atoms with van der Waals surface area (Å²) >= 11 is 6.07. The molecule has 1 N–H and O–H groups in total. The summed E-state index contributed by atoms with van der Waals surface area (Å²) in [5.74, 6) is 0.0647. The van der Waals surface area contributed by atoms with E-state index in [4.69, 9.17) is 11.6 Å². The lowest BCUT2D eigenvalue weighted by atomic mass is 10.1. The van der Waals surface area contributed by atoms with Crippen molar-refractivity contribution in [2.75, 3.05) is 27.2 Å². The zero-order chi connectivity index (χ0) is 17.0. The van der Waals surface area contributed by atoms with Gasteiger partial charge in [0.1, 0.15) is 0 Å². The molecule has 0 aliphatic carbocycles. The van der Waals surface area contributed by atoms with Crippen LogP contribution < -0.4 is 5.32 Å². The number of carbonyl (C=O) groups is 1. The second kappa shape index (κ2) is 7.62. The molecule has 0 saturated heterocycles. The fourth-order valence-electron chi connectivity index (χ4n) is 2.39. The number of halogens is 1. The second-order valence-electron chi connectivity index (χ2n) is 6.05. The third-order valence-corrected chi connectivity index (χ3v) is 3.73. The van der Waals surface area contributed by atoms with Gasteiger partial charge >= 0.3 is 0 Å². The molecular formula is C17H23ClN4O. The highest BCUT2D eigenvalue weighted by Crippen LogP contribution is 2.24. The first-order chi connectivity index (χ1) is 10.9. The van der Waals surface area contributed by atoms with Crippen LogP contribution in [-0.4, -0.2) is 47.8 Å². The van der Waals surface area contributed by atoms with E-state index < -0.39 is 0 Å². The van der Waals surface area contributed by atoms with Crippen molar-refractivity contribution < 1.29 is 4.79 Å². The van der Waals surface area contributed by atoms with Gasteiger partial charge in [-0.2, -0.15) is 5.10 Å². The number of carbonyl (C=O) groups excluding carboxylic acids is 1. The van der Waals surface area contributed by atoms with Crippen molar-refractivity contribution in [3.05, 3.63) is 46.7 Å². The summed E-state index contributed by atoms with van der Waals surface area (Å²) < 4.78 is 1.79. The van der Waals surface area contributed by atoms with E-state index in [9.17, 15) is 4.79 Å². The maximum absolute atomic E-state index is 12.5. The Balaban J connectivity index is 2.30. The van der Waals surface area contributed by atoms with E-state index in [1.807, 2.05) is 43.3 Å². The summed E-state index contributed by atoms with van der Waals surface area (Å²) in [5.41, 5.74) is 2.35. The molecule has 0 atom stereocenters. The van der Waals surface area contributed by atoms with Crippen molar-refractivity contribution in [3.8, 4) is 5.69 Å². The molecule has 0 unspecified atom stereocenters. The van der Waals surface area contributed by atoms with Crippen LogP contribution in [-0.2, 0) is 0 Å². The smallest absolute Gasteiger partial charge is 0.254 e. The largest absolute Gasteiger partial charge is 0.351 e. The van der Waals surface area contributed by atoms with Gasteiger partial charge in [0.05, 0.1) is 23.1 Å². The topological polar surface area (TPSA) is 50.2 Å². The molecule has 0 aliphatic rings. The maximum Gasteiger partial charge on any atom is 0.254 e. The number of hydrogen-bond acceptors (Lipinski definition) is 3. The molecule has 5 nitrogen and oxygen atoms in total. The highest BCUT2D eigenvalue weighted by Gasteiger charge is 2.20. The summed E-state index contributed by atoms with van der Waals surface area (Å²) in [5, 5.41) is 7.98. The summed E-state index contributed by atoms with van der Waals surface area (Å²) in [4.78, 5) is 14.5. The number of benzene rings is 1. The summed E-state index contributed by atoms with van der Waals surface area (Å²) in [6, 6.07) is 7.46. The number of hydrogen-bond donors (Lipinski definition) is 1. The van der Waals surface area contributed by atoms with Crippen LogP contribution >= 0.6 is 11.6 Å². The molecule has 1 aromatic heterocycles. The Morgan fingerprint density at radius 1 is 1.39 bits per heavy atom. The minimum Gasteiger partial charge on any atom is -0.351 e. The molecule has 0 saturated carbocycles. The predicted molar refractivity (Wildman–Crippen MR) is 93.6 cm³/mol. The molecule has 0 aliphatic heterocycles. The standard InChI is InChI=1S/C17H23ClN4O/c1-12(2)16-15(17(23)19-8-9-21(3)4)11-20-22(16)14-7-5-6-13(18)10-14/h5-7,10-12H,8-9H2,1-4H3,(H,19,23). The molecule has 1 amide bonds. The molecule has 2 rings (SSSR count). The van der Waals surface area contributed by atoms with Crippen LogP contribution in [0.4, 0.5) is 0 Å². The van der Waals surface area contributed by atoms with Gasteiger partial charge in [-0.15, -0.1) is 0 Å². The third-order valence-electron chi connectivity index (χ3n) is 3.50. The first-order valence-electron chi connectivity index (χ1n) is 7.67. The minimum absolute atomic E-state index is 0.0937. The van der Waals surface area contributed by atoms with E-state index in [2.05, 4.69) is 24.3 Å². The van der Waals surface area contributed by atoms with Crippen molar-refractivity contribution in [1.82, 2.24) is 20.0 Å². The lowest BCUT2D eigenvalue weighted by Crippen LogP contribution is -2.31. The lowest BCUT2D eigenvalue weighted by molar-refractivity contribution is 0.0949. The molecule has 0 bridgehead atoms. The molecule has 1 aromatic carbocycles. The Morgan fingerprint density at radius 3 is 2.74 bits per heavy atom. The van der Waals surface area contributed by atoms with Crippen LogP contribution in [0, 0.1) is 0 Å². The predicted octanol–water partition coefficient (Wildman–Crippen LogP) is 2.94. The van der Waals surface area contributed by atoms with Gasteiger partial charge in [0.25, 0.3) is 5.91 Å². The minimum atomic E-state index is -0.0937. The molecule has 0 spiro atoms. The zero-order valence-electron chi connectivity index (χ0n) is 14.0. The van der Waals surface area contributed by atoms with E-state index in [1.54, 1.807) is 10.9 Å². The van der Waals surface area contributed by atoms with Crippen LogP contribution in [0.2, 0.25) is 5.02 Å². The van der Waals surface area contributed by atoms with Crippen molar-refractivity contribution >= 4 is 17.5 Å². The van der Waals surface area contributed by atoms with Crippen molar-refractivity contribution in [3.63, 3.8) is 0 Å². The highest BCUT2D eigenvalue weighted by atomic mass is 35.5. The number of likely N-dealkylation sites (N-methyl/N-ethyl adjacent to an activating group) is 1. The fraction of sp³-hybridized carbons (Fsp3) is 0.412. The van der Waals surface area contributed by atoms with Gasteiger partial charge in [0.15, 0.2) is 0 Å². The second-order valence-corrected chi connectivity index (χ2v) is 6.49. The Hall–Kier alpha value is -1.85. The third kappa shape index (κ3) is 4.33. The summed E-state index contributed by atoms with van der Waals surface area (Å²) in [6.07, 6.45) is 1.63. The van der Waals surface area contributed by atoms with Gasteiger partial charge in [-0.1, -0.05) is 31.5 Å². The van der Waals surface area contributed by atoms with E-state index in [0.717, 1.165) is 17.9 Å². The van der Waals surface area contributed by atoms with Gasteiger partial charge in [-0.05, 0) is 38.2 Å². The maximum atomic E-state index is 12.5. The van der Waals surface area contributed by atoms with E-state index in [-0.39, 0.29) is 11.8 Å². The summed E-state index contributed by atoms with van der Waals surface area (Å²) in [7, 11) is 3.95. The first kappa shape index (κ1) is 17.5. The molecule has 124 valence electrons. The molecule has 23 heavy (non-hydrogen) atoms. The van der Waals surface area contributed by atoms with Crippen molar-refractivity contribution in [2.45, 2.75) is 19.8 Å². The normalized spacial score (nSPS) is 11.3. The van der Waals surface area contributed by atoms with Gasteiger partial charge in [0, 0.05) is 18.1 Å². The monoisotopic (exact) mass is 334 g/mol. The van der Waals surface area contributed by atoms with Crippen LogP contribution in [0.15, 0.2) is 30.5 Å². The van der Waals surface area contributed by atoms with Crippen LogP contribution in [0.25, 0.3) is 5.69 Å². The summed E-state index contributed by atoms with van der Waals surface area (Å²) in [6.45, 7) is 5.50. The quantitative estimate of drug-likeness (QED) is 0.883.